The Hall–Kier alpha value is -3.40. The molecule has 1 saturated heterocycles. The van der Waals surface area contributed by atoms with Gasteiger partial charge >= 0.3 is 0 Å². The summed E-state index contributed by atoms with van der Waals surface area (Å²) in [4.78, 5) is 28.4. The summed E-state index contributed by atoms with van der Waals surface area (Å²) in [5, 5.41) is 14.8. The zero-order valence-corrected chi connectivity index (χ0v) is 16.3. The van der Waals surface area contributed by atoms with Gasteiger partial charge in [0.15, 0.2) is 11.6 Å². The number of hydrogen-bond acceptors (Lipinski definition) is 9. The maximum absolute atomic E-state index is 10.9. The number of aryl methyl sites for hydroxylation is 2. The number of anilines is 1. The zero-order chi connectivity index (χ0) is 20.4. The molecule has 2 aromatic heterocycles. The molecule has 0 aliphatic carbocycles. The second kappa shape index (κ2) is 7.92. The molecule has 0 atom stereocenters. The normalized spacial score (nSPS) is 14.9. The lowest BCUT2D eigenvalue weighted by molar-refractivity contribution is -0.384. The van der Waals surface area contributed by atoms with Gasteiger partial charge in [0.2, 0.25) is 5.89 Å². The largest absolute Gasteiger partial charge is 0.354 e. The van der Waals surface area contributed by atoms with Crippen LogP contribution < -0.4 is 4.90 Å². The van der Waals surface area contributed by atoms with Gasteiger partial charge in [-0.1, -0.05) is 5.16 Å². The first-order chi connectivity index (χ1) is 14.0. The summed E-state index contributed by atoms with van der Waals surface area (Å²) in [6.07, 6.45) is 0. The number of nitro benzene ring substituents is 1. The SMILES string of the molecule is Cc1cc(N2CCN(Cc3noc(C)n3)CC2)nc(-c2ccc([N+](=O)[O-])cc2)n1. The molecular formula is C19H21N7O3. The Morgan fingerprint density at radius 1 is 1.07 bits per heavy atom. The van der Waals surface area contributed by atoms with Crippen molar-refractivity contribution in [2.45, 2.75) is 20.4 Å². The van der Waals surface area contributed by atoms with Crippen molar-refractivity contribution in [1.29, 1.82) is 0 Å². The van der Waals surface area contributed by atoms with Gasteiger partial charge in [-0.2, -0.15) is 4.98 Å². The molecule has 0 bridgehead atoms. The zero-order valence-electron chi connectivity index (χ0n) is 16.3. The van der Waals surface area contributed by atoms with Crippen LogP contribution in [0.4, 0.5) is 11.5 Å². The number of rotatable bonds is 5. The molecule has 29 heavy (non-hydrogen) atoms. The van der Waals surface area contributed by atoms with Crippen LogP contribution in [0.25, 0.3) is 11.4 Å². The average molecular weight is 395 g/mol. The third kappa shape index (κ3) is 4.37. The number of aromatic nitrogens is 4. The topological polar surface area (TPSA) is 114 Å². The molecule has 10 nitrogen and oxygen atoms in total. The molecule has 150 valence electrons. The average Bonchev–Trinajstić information content (AvgIpc) is 3.13. The number of piperazine rings is 1. The lowest BCUT2D eigenvalue weighted by atomic mass is 10.2. The first kappa shape index (κ1) is 18.9. The number of non-ortho nitro benzene ring substituents is 1. The van der Waals surface area contributed by atoms with Crippen molar-refractivity contribution >= 4 is 11.5 Å². The van der Waals surface area contributed by atoms with Crippen LogP contribution >= 0.6 is 0 Å². The highest BCUT2D eigenvalue weighted by atomic mass is 16.6. The molecule has 0 N–H and O–H groups in total. The summed E-state index contributed by atoms with van der Waals surface area (Å²) in [5.41, 5.74) is 1.66. The fourth-order valence-corrected chi connectivity index (χ4v) is 3.32. The van der Waals surface area contributed by atoms with Gasteiger partial charge in [0.1, 0.15) is 5.82 Å². The lowest BCUT2D eigenvalue weighted by Gasteiger charge is -2.34. The van der Waals surface area contributed by atoms with E-state index in [0.717, 1.165) is 43.3 Å². The summed E-state index contributed by atoms with van der Waals surface area (Å²) in [6, 6.07) is 8.27. The van der Waals surface area contributed by atoms with Crippen LogP contribution in [0.1, 0.15) is 17.4 Å². The summed E-state index contributed by atoms with van der Waals surface area (Å²) in [5.74, 6) is 2.71. The van der Waals surface area contributed by atoms with Crippen LogP contribution in [0, 0.1) is 24.0 Å². The molecule has 0 unspecified atom stereocenters. The van der Waals surface area contributed by atoms with Crippen molar-refractivity contribution in [3.8, 4) is 11.4 Å². The smallest absolute Gasteiger partial charge is 0.269 e. The Kier molecular flexibility index (Phi) is 5.17. The fourth-order valence-electron chi connectivity index (χ4n) is 3.32. The first-order valence-corrected chi connectivity index (χ1v) is 9.35. The van der Waals surface area contributed by atoms with E-state index in [1.54, 1.807) is 19.1 Å². The van der Waals surface area contributed by atoms with Crippen molar-refractivity contribution in [3.63, 3.8) is 0 Å². The molecular weight excluding hydrogens is 374 g/mol. The van der Waals surface area contributed by atoms with E-state index < -0.39 is 4.92 Å². The second-order valence-electron chi connectivity index (χ2n) is 6.99. The van der Waals surface area contributed by atoms with Gasteiger partial charge in [-0.25, -0.2) is 9.97 Å². The minimum Gasteiger partial charge on any atom is -0.354 e. The third-order valence-electron chi connectivity index (χ3n) is 4.81. The van der Waals surface area contributed by atoms with E-state index in [1.165, 1.54) is 12.1 Å². The van der Waals surface area contributed by atoms with Gasteiger partial charge in [-0.05, 0) is 19.1 Å². The van der Waals surface area contributed by atoms with E-state index in [9.17, 15) is 10.1 Å². The van der Waals surface area contributed by atoms with Crippen LogP contribution in [0.15, 0.2) is 34.9 Å². The molecule has 0 spiro atoms. The Morgan fingerprint density at radius 3 is 2.41 bits per heavy atom. The molecule has 0 amide bonds. The summed E-state index contributed by atoms with van der Waals surface area (Å²) in [7, 11) is 0. The monoisotopic (exact) mass is 395 g/mol. The van der Waals surface area contributed by atoms with Gasteiger partial charge in [-0.3, -0.25) is 15.0 Å². The molecule has 4 rings (SSSR count). The maximum atomic E-state index is 10.9. The Labute approximate surface area is 167 Å². The summed E-state index contributed by atoms with van der Waals surface area (Å²) < 4.78 is 5.03. The predicted molar refractivity (Wildman–Crippen MR) is 105 cm³/mol. The predicted octanol–water partition coefficient (Wildman–Crippen LogP) is 2.37. The molecule has 1 aliphatic heterocycles. The van der Waals surface area contributed by atoms with E-state index in [1.807, 2.05) is 13.0 Å². The van der Waals surface area contributed by atoms with E-state index in [2.05, 4.69) is 24.9 Å². The van der Waals surface area contributed by atoms with Crippen LogP contribution in [-0.4, -0.2) is 56.1 Å². The Balaban J connectivity index is 1.46. The number of benzene rings is 1. The number of hydrogen-bond donors (Lipinski definition) is 0. The minimum absolute atomic E-state index is 0.0505. The quantitative estimate of drug-likeness (QED) is 0.474. The van der Waals surface area contributed by atoms with Crippen LogP contribution in [0.5, 0.6) is 0 Å². The summed E-state index contributed by atoms with van der Waals surface area (Å²) in [6.45, 7) is 7.76. The molecule has 1 fully saturated rings. The van der Waals surface area contributed by atoms with Crippen molar-refractivity contribution in [1.82, 2.24) is 25.0 Å². The minimum atomic E-state index is -0.415. The van der Waals surface area contributed by atoms with Crippen molar-refractivity contribution in [3.05, 3.63) is 57.9 Å². The molecule has 0 radical (unpaired) electrons. The molecule has 1 aromatic carbocycles. The van der Waals surface area contributed by atoms with Crippen LogP contribution in [0.2, 0.25) is 0 Å². The lowest BCUT2D eigenvalue weighted by Crippen LogP contribution is -2.46. The highest BCUT2D eigenvalue weighted by Gasteiger charge is 2.21. The van der Waals surface area contributed by atoms with Gasteiger partial charge < -0.3 is 9.42 Å². The standard InChI is InChI=1S/C19H21N7O3/c1-13-11-18(22-19(20-13)15-3-5-16(6-4-15)26(27)28)25-9-7-24(8-10-25)12-17-21-14(2)29-23-17/h3-6,11H,7-10,12H2,1-2H3. The Bertz CT molecular complexity index is 1010. The first-order valence-electron chi connectivity index (χ1n) is 9.35. The van der Waals surface area contributed by atoms with Crippen LogP contribution in [0.3, 0.4) is 0 Å². The van der Waals surface area contributed by atoms with E-state index in [4.69, 9.17) is 9.51 Å². The van der Waals surface area contributed by atoms with Crippen molar-refractivity contribution < 1.29 is 9.45 Å². The third-order valence-corrected chi connectivity index (χ3v) is 4.81. The van der Waals surface area contributed by atoms with Crippen LogP contribution in [-0.2, 0) is 6.54 Å². The molecule has 3 aromatic rings. The van der Waals surface area contributed by atoms with E-state index >= 15 is 0 Å². The second-order valence-corrected chi connectivity index (χ2v) is 6.99. The van der Waals surface area contributed by atoms with Gasteiger partial charge in [0.25, 0.3) is 5.69 Å². The van der Waals surface area contributed by atoms with E-state index in [-0.39, 0.29) is 5.69 Å². The fraction of sp³-hybridized carbons (Fsp3) is 0.368. The van der Waals surface area contributed by atoms with Crippen molar-refractivity contribution in [2.75, 3.05) is 31.1 Å². The van der Waals surface area contributed by atoms with E-state index in [0.29, 0.717) is 24.1 Å². The highest BCUT2D eigenvalue weighted by molar-refractivity contribution is 5.60. The molecule has 1 aliphatic rings. The summed E-state index contributed by atoms with van der Waals surface area (Å²) >= 11 is 0. The Morgan fingerprint density at radius 2 is 1.79 bits per heavy atom. The molecule has 0 saturated carbocycles. The molecule has 3 heterocycles. The number of nitro groups is 1. The van der Waals surface area contributed by atoms with Gasteiger partial charge in [0.05, 0.1) is 11.5 Å². The van der Waals surface area contributed by atoms with Gasteiger partial charge in [-0.15, -0.1) is 0 Å². The van der Waals surface area contributed by atoms with Gasteiger partial charge in [0, 0.05) is 62.6 Å². The number of nitrogens with zero attached hydrogens (tertiary/aromatic N) is 7. The maximum Gasteiger partial charge on any atom is 0.269 e. The van der Waals surface area contributed by atoms with Crippen molar-refractivity contribution in [2.24, 2.45) is 0 Å². The molecule has 10 heteroatoms. The highest BCUT2D eigenvalue weighted by Crippen LogP contribution is 2.23.